The molecule has 0 aromatic heterocycles. The van der Waals surface area contributed by atoms with Gasteiger partial charge in [-0.1, -0.05) is 24.3 Å². The van der Waals surface area contributed by atoms with Crippen LogP contribution in [0.25, 0.3) is 0 Å². The average Bonchev–Trinajstić information content (AvgIpc) is 2.56. The number of Topliss-reactive ketones (excluding diaryl/α,β-unsaturated/α-hetero) is 1. The first-order valence-corrected chi connectivity index (χ1v) is 5.73. The molecular weight excluding hydrogens is 216 g/mol. The fraction of sp³-hybridized carbons (Fsp3) is 0.286. The van der Waals surface area contributed by atoms with Crippen molar-refractivity contribution in [1.29, 1.82) is 0 Å². The van der Waals surface area contributed by atoms with E-state index in [4.69, 9.17) is 4.74 Å². The molecule has 0 saturated heterocycles. The van der Waals surface area contributed by atoms with Crippen LogP contribution in [0, 0.1) is 0 Å². The predicted molar refractivity (Wildman–Crippen MR) is 63.6 cm³/mol. The van der Waals surface area contributed by atoms with Crippen LogP contribution < -0.4 is 0 Å². The van der Waals surface area contributed by atoms with Crippen LogP contribution in [0.5, 0.6) is 0 Å². The van der Waals surface area contributed by atoms with Crippen LogP contribution in [0.1, 0.15) is 29.6 Å². The van der Waals surface area contributed by atoms with E-state index in [1.54, 1.807) is 30.3 Å². The van der Waals surface area contributed by atoms with Crippen molar-refractivity contribution in [3.05, 3.63) is 48.0 Å². The highest BCUT2D eigenvalue weighted by Gasteiger charge is 2.21. The van der Waals surface area contributed by atoms with Gasteiger partial charge in [-0.2, -0.15) is 0 Å². The topological polar surface area (TPSA) is 43.4 Å². The van der Waals surface area contributed by atoms with Crippen LogP contribution in [0.3, 0.4) is 0 Å². The normalized spacial score (nSPS) is 19.8. The van der Waals surface area contributed by atoms with Gasteiger partial charge in [-0.25, -0.2) is 4.79 Å². The second-order valence-corrected chi connectivity index (χ2v) is 3.98. The summed E-state index contributed by atoms with van der Waals surface area (Å²) in [6.45, 7) is 0. The van der Waals surface area contributed by atoms with Gasteiger partial charge in [-0.05, 0) is 31.1 Å². The Morgan fingerprint density at radius 2 is 2.00 bits per heavy atom. The number of hydrogen-bond donors (Lipinski definition) is 0. The Kier molecular flexibility index (Phi) is 3.70. The Bertz CT molecular complexity index is 434. The summed E-state index contributed by atoms with van der Waals surface area (Å²) in [6, 6.07) is 8.70. The van der Waals surface area contributed by atoms with Crippen molar-refractivity contribution in [2.45, 2.75) is 25.4 Å². The molecule has 0 amide bonds. The minimum Gasteiger partial charge on any atom is -0.446 e. The number of carbonyl (C=O) groups is 2. The van der Waals surface area contributed by atoms with Gasteiger partial charge < -0.3 is 4.74 Å². The molecule has 0 spiro atoms. The monoisotopic (exact) mass is 230 g/mol. The molecule has 1 aliphatic rings. The maximum Gasteiger partial charge on any atom is 0.339 e. The molecule has 1 aliphatic carbocycles. The van der Waals surface area contributed by atoms with E-state index in [2.05, 4.69) is 0 Å². The first-order valence-electron chi connectivity index (χ1n) is 5.73. The molecule has 3 heteroatoms. The summed E-state index contributed by atoms with van der Waals surface area (Å²) in [5.41, 5.74) is 0.470. The molecule has 1 aromatic carbocycles. The number of hydrogen-bond acceptors (Lipinski definition) is 3. The smallest absolute Gasteiger partial charge is 0.339 e. The van der Waals surface area contributed by atoms with Gasteiger partial charge in [-0.15, -0.1) is 0 Å². The lowest BCUT2D eigenvalue weighted by molar-refractivity contribution is -0.125. The molecule has 1 atom stereocenters. The van der Waals surface area contributed by atoms with Crippen LogP contribution in [-0.2, 0) is 9.53 Å². The van der Waals surface area contributed by atoms with Crippen molar-refractivity contribution < 1.29 is 14.3 Å². The molecule has 1 unspecified atom stereocenters. The summed E-state index contributed by atoms with van der Waals surface area (Å²) in [7, 11) is 0. The summed E-state index contributed by atoms with van der Waals surface area (Å²) in [6.07, 6.45) is 5.02. The largest absolute Gasteiger partial charge is 0.446 e. The van der Waals surface area contributed by atoms with Gasteiger partial charge in [0.1, 0.15) is 0 Å². The summed E-state index contributed by atoms with van der Waals surface area (Å²) in [5, 5.41) is 0. The Labute approximate surface area is 100 Å². The van der Waals surface area contributed by atoms with Crippen molar-refractivity contribution in [3.63, 3.8) is 0 Å². The summed E-state index contributed by atoms with van der Waals surface area (Å²) in [4.78, 5) is 23.4. The van der Waals surface area contributed by atoms with Gasteiger partial charge in [-0.3, -0.25) is 4.79 Å². The molecule has 0 aliphatic heterocycles. The second kappa shape index (κ2) is 5.43. The molecule has 1 aromatic rings. The molecule has 17 heavy (non-hydrogen) atoms. The van der Waals surface area contributed by atoms with Crippen LogP contribution in [-0.4, -0.2) is 17.9 Å². The van der Waals surface area contributed by atoms with Crippen molar-refractivity contribution in [3.8, 4) is 0 Å². The van der Waals surface area contributed by atoms with Gasteiger partial charge >= 0.3 is 5.97 Å². The number of allylic oxidation sites excluding steroid dienone is 1. The summed E-state index contributed by atoms with van der Waals surface area (Å²) in [5.74, 6) is -0.474. The zero-order chi connectivity index (χ0) is 12.1. The van der Waals surface area contributed by atoms with Gasteiger partial charge in [0, 0.05) is 6.42 Å². The lowest BCUT2D eigenvalue weighted by Crippen LogP contribution is -2.24. The molecule has 0 N–H and O–H groups in total. The second-order valence-electron chi connectivity index (χ2n) is 3.98. The predicted octanol–water partition coefficient (Wildman–Crippen LogP) is 2.52. The Balaban J connectivity index is 2.05. The van der Waals surface area contributed by atoms with Crippen LogP contribution >= 0.6 is 0 Å². The summed E-state index contributed by atoms with van der Waals surface area (Å²) >= 11 is 0. The maximum absolute atomic E-state index is 11.8. The molecule has 0 radical (unpaired) electrons. The Morgan fingerprint density at radius 1 is 1.24 bits per heavy atom. The number of benzene rings is 1. The van der Waals surface area contributed by atoms with Crippen molar-refractivity contribution in [1.82, 2.24) is 0 Å². The van der Waals surface area contributed by atoms with E-state index in [9.17, 15) is 9.59 Å². The van der Waals surface area contributed by atoms with E-state index in [0.29, 0.717) is 12.0 Å². The van der Waals surface area contributed by atoms with Crippen molar-refractivity contribution in [2.24, 2.45) is 0 Å². The molecule has 3 nitrogen and oxygen atoms in total. The third kappa shape index (κ3) is 3.03. The Hall–Kier alpha value is -1.90. The van der Waals surface area contributed by atoms with E-state index in [0.717, 1.165) is 12.8 Å². The number of ether oxygens (including phenoxy) is 1. The highest BCUT2D eigenvalue weighted by atomic mass is 16.5. The number of esters is 1. The zero-order valence-electron chi connectivity index (χ0n) is 9.46. The molecule has 0 fully saturated rings. The molecule has 0 bridgehead atoms. The van der Waals surface area contributed by atoms with E-state index < -0.39 is 12.1 Å². The lowest BCUT2D eigenvalue weighted by atomic mass is 10.1. The van der Waals surface area contributed by atoms with E-state index >= 15 is 0 Å². The van der Waals surface area contributed by atoms with Crippen molar-refractivity contribution >= 4 is 11.8 Å². The number of rotatable bonds is 2. The third-order valence-electron chi connectivity index (χ3n) is 2.67. The van der Waals surface area contributed by atoms with Gasteiger partial charge in [0.2, 0.25) is 0 Å². The first-order chi connectivity index (χ1) is 8.27. The minimum absolute atomic E-state index is 0.0250. The molecule has 88 valence electrons. The van der Waals surface area contributed by atoms with E-state index in [1.165, 1.54) is 0 Å². The summed E-state index contributed by atoms with van der Waals surface area (Å²) < 4.78 is 5.19. The third-order valence-corrected chi connectivity index (χ3v) is 2.67. The fourth-order valence-corrected chi connectivity index (χ4v) is 1.73. The van der Waals surface area contributed by atoms with E-state index in [1.807, 2.05) is 12.1 Å². The van der Waals surface area contributed by atoms with Crippen molar-refractivity contribution in [2.75, 3.05) is 0 Å². The lowest BCUT2D eigenvalue weighted by Gasteiger charge is -2.11. The highest BCUT2D eigenvalue weighted by Crippen LogP contribution is 2.13. The highest BCUT2D eigenvalue weighted by molar-refractivity contribution is 5.93. The SMILES string of the molecule is O=C(OC1C=CCCCC1=O)c1ccccc1. The van der Waals surface area contributed by atoms with Crippen LogP contribution in [0.2, 0.25) is 0 Å². The average molecular weight is 230 g/mol. The van der Waals surface area contributed by atoms with Crippen LogP contribution in [0.15, 0.2) is 42.5 Å². The minimum atomic E-state index is -0.717. The number of ketones is 1. The fourth-order valence-electron chi connectivity index (χ4n) is 1.73. The van der Waals surface area contributed by atoms with Gasteiger partial charge in [0.15, 0.2) is 11.9 Å². The first kappa shape index (κ1) is 11.6. The standard InChI is InChI=1S/C14H14O3/c15-12-9-5-2-6-10-13(12)17-14(16)11-7-3-1-4-8-11/h1,3-4,6-8,10,13H,2,5,9H2. The molecular formula is C14H14O3. The van der Waals surface area contributed by atoms with Crippen LogP contribution in [0.4, 0.5) is 0 Å². The zero-order valence-corrected chi connectivity index (χ0v) is 9.46. The van der Waals surface area contributed by atoms with Gasteiger partial charge in [0.05, 0.1) is 5.56 Å². The molecule has 2 rings (SSSR count). The quantitative estimate of drug-likeness (QED) is 0.579. The molecule has 0 heterocycles. The number of carbonyl (C=O) groups excluding carboxylic acids is 2. The Morgan fingerprint density at radius 3 is 2.76 bits per heavy atom. The maximum atomic E-state index is 11.8. The van der Waals surface area contributed by atoms with E-state index in [-0.39, 0.29) is 5.78 Å². The molecule has 0 saturated carbocycles. The van der Waals surface area contributed by atoms with Gasteiger partial charge in [0.25, 0.3) is 0 Å².